The highest BCUT2D eigenvalue weighted by Crippen LogP contribution is 2.38. The summed E-state index contributed by atoms with van der Waals surface area (Å²) in [6, 6.07) is 13.0. The first-order valence-electron chi connectivity index (χ1n) is 12.3. The molecule has 0 saturated carbocycles. The second kappa shape index (κ2) is 12.7. The lowest BCUT2D eigenvalue weighted by Gasteiger charge is -2.19. The van der Waals surface area contributed by atoms with Crippen molar-refractivity contribution in [1.29, 1.82) is 5.41 Å². The molecular weight excluding hydrogens is 518 g/mol. The number of carbonyl (C=O) groups is 1. The highest BCUT2D eigenvalue weighted by atomic mass is 16.7. The van der Waals surface area contributed by atoms with E-state index in [1.165, 1.54) is 0 Å². The SMILES string of the molecule is CC(=O)O.COc1cc(C(Cc2ccc(C(=N)N)cc2)c2nn(-c3ncccn3)c(=O)[nH]2)cc2c1OCOCC2. The number of aromatic nitrogens is 5. The number of benzene rings is 2. The number of aliphatic carboxylic acids is 1. The van der Waals surface area contributed by atoms with Crippen molar-refractivity contribution in [3.63, 3.8) is 0 Å². The highest BCUT2D eigenvalue weighted by Gasteiger charge is 2.25. The summed E-state index contributed by atoms with van der Waals surface area (Å²) in [5, 5.41) is 19.6. The fraction of sp³-hybridized carbons (Fsp3) is 0.259. The van der Waals surface area contributed by atoms with Gasteiger partial charge in [-0.2, -0.15) is 0 Å². The lowest BCUT2D eigenvalue weighted by atomic mass is 9.89. The zero-order valence-corrected chi connectivity index (χ0v) is 22.0. The van der Waals surface area contributed by atoms with Crippen LogP contribution in [0.2, 0.25) is 0 Å². The first-order chi connectivity index (χ1) is 19.3. The highest BCUT2D eigenvalue weighted by molar-refractivity contribution is 5.94. The molecule has 2 aromatic heterocycles. The average molecular weight is 548 g/mol. The fourth-order valence-electron chi connectivity index (χ4n) is 4.19. The molecule has 2 aromatic carbocycles. The topological polar surface area (TPSA) is 191 Å². The maximum absolute atomic E-state index is 12.8. The van der Waals surface area contributed by atoms with Crippen LogP contribution in [-0.4, -0.2) is 62.2 Å². The number of aromatic amines is 1. The number of nitrogens with two attached hydrogens (primary N) is 1. The van der Waals surface area contributed by atoms with E-state index in [1.54, 1.807) is 37.7 Å². The third-order valence-electron chi connectivity index (χ3n) is 5.99. The molecule has 0 saturated heterocycles. The Balaban J connectivity index is 0.000000867. The summed E-state index contributed by atoms with van der Waals surface area (Å²) in [5.41, 5.74) is 8.63. The van der Waals surface area contributed by atoms with Crippen LogP contribution in [0.15, 0.2) is 59.7 Å². The van der Waals surface area contributed by atoms with Crippen LogP contribution < -0.4 is 20.9 Å². The van der Waals surface area contributed by atoms with Crippen LogP contribution in [0.4, 0.5) is 0 Å². The molecule has 1 aliphatic rings. The molecule has 0 radical (unpaired) electrons. The number of ether oxygens (including phenoxy) is 3. The standard InChI is InChI=1S/C25H25N7O4.C2H4O2/c1-34-20-13-18(12-17-7-10-35-14-36-21(17)20)19(11-15-3-5-16(6-4-15)22(26)27)23-30-25(33)32(31-23)24-28-8-2-9-29-24;1-2(3)4/h2-6,8-9,12-13,19H,7,10-11,14H2,1H3,(H3,26,27)(H,30,31,33);1H3,(H,3,4). The van der Waals surface area contributed by atoms with Gasteiger partial charge in [0.25, 0.3) is 11.9 Å². The maximum Gasteiger partial charge on any atom is 0.350 e. The minimum absolute atomic E-state index is 0.00161. The van der Waals surface area contributed by atoms with Gasteiger partial charge in [0.1, 0.15) is 11.7 Å². The van der Waals surface area contributed by atoms with Gasteiger partial charge in [0, 0.05) is 36.4 Å². The van der Waals surface area contributed by atoms with E-state index >= 15 is 0 Å². The Kier molecular flexibility index (Phi) is 8.86. The van der Waals surface area contributed by atoms with Crippen molar-refractivity contribution in [3.8, 4) is 17.4 Å². The van der Waals surface area contributed by atoms with Crippen LogP contribution in [0.3, 0.4) is 0 Å². The molecule has 0 bridgehead atoms. The third-order valence-corrected chi connectivity index (χ3v) is 5.99. The molecule has 5 N–H and O–H groups in total. The molecule has 208 valence electrons. The molecule has 4 aromatic rings. The summed E-state index contributed by atoms with van der Waals surface area (Å²) in [6.45, 7) is 1.76. The Hall–Kier alpha value is -5.04. The number of hydrogen-bond acceptors (Lipinski definition) is 9. The molecule has 0 amide bonds. The van der Waals surface area contributed by atoms with Crippen molar-refractivity contribution >= 4 is 11.8 Å². The van der Waals surface area contributed by atoms with Crippen LogP contribution in [-0.2, 0) is 22.4 Å². The van der Waals surface area contributed by atoms with Crippen LogP contribution >= 0.6 is 0 Å². The summed E-state index contributed by atoms with van der Waals surface area (Å²) < 4.78 is 18.0. The number of amidine groups is 1. The third kappa shape index (κ3) is 6.69. The van der Waals surface area contributed by atoms with Crippen molar-refractivity contribution in [1.82, 2.24) is 24.7 Å². The van der Waals surface area contributed by atoms with Gasteiger partial charge >= 0.3 is 5.69 Å². The lowest BCUT2D eigenvalue weighted by molar-refractivity contribution is -0.134. The molecule has 0 spiro atoms. The monoisotopic (exact) mass is 547 g/mol. The molecule has 1 atom stereocenters. The number of nitrogen functional groups attached to an aromatic ring is 1. The van der Waals surface area contributed by atoms with Gasteiger partial charge in [0.2, 0.25) is 0 Å². The Labute approximate surface area is 229 Å². The molecule has 40 heavy (non-hydrogen) atoms. The normalized spacial score (nSPS) is 13.1. The molecule has 3 heterocycles. The average Bonchev–Trinajstić information content (AvgIpc) is 3.16. The van der Waals surface area contributed by atoms with E-state index in [1.807, 2.05) is 24.3 Å². The molecule has 13 heteroatoms. The van der Waals surface area contributed by atoms with E-state index in [0.29, 0.717) is 42.3 Å². The molecule has 0 aliphatic carbocycles. The first-order valence-corrected chi connectivity index (χ1v) is 12.3. The summed E-state index contributed by atoms with van der Waals surface area (Å²) in [5.74, 6) is 0.699. The molecule has 1 aliphatic heterocycles. The lowest BCUT2D eigenvalue weighted by Crippen LogP contribution is -2.18. The number of nitrogens with zero attached hydrogens (tertiary/aromatic N) is 4. The van der Waals surface area contributed by atoms with Gasteiger partial charge in [0.05, 0.1) is 13.7 Å². The molecule has 13 nitrogen and oxygen atoms in total. The number of carboxylic acid groups (broad SMARTS) is 1. The predicted octanol–water partition coefficient (Wildman–Crippen LogP) is 2.02. The maximum atomic E-state index is 12.8. The summed E-state index contributed by atoms with van der Waals surface area (Å²) >= 11 is 0. The summed E-state index contributed by atoms with van der Waals surface area (Å²) in [4.78, 5) is 33.0. The number of nitrogens with one attached hydrogen (secondary N) is 2. The van der Waals surface area contributed by atoms with Gasteiger partial charge in [-0.15, -0.1) is 9.78 Å². The van der Waals surface area contributed by atoms with Crippen molar-refractivity contribution in [2.75, 3.05) is 20.5 Å². The van der Waals surface area contributed by atoms with Gasteiger partial charge in [-0.05, 0) is 36.1 Å². The van der Waals surface area contributed by atoms with Gasteiger partial charge in [0.15, 0.2) is 18.3 Å². The largest absolute Gasteiger partial charge is 0.493 e. The van der Waals surface area contributed by atoms with Crippen molar-refractivity contribution in [2.24, 2.45) is 5.73 Å². The summed E-state index contributed by atoms with van der Waals surface area (Å²) in [6.07, 6.45) is 4.27. The molecular formula is C27H29N7O6. The Morgan fingerprint density at radius 2 is 1.95 bits per heavy atom. The van der Waals surface area contributed by atoms with Gasteiger partial charge < -0.3 is 25.1 Å². The Bertz CT molecular complexity index is 1530. The van der Waals surface area contributed by atoms with Crippen LogP contribution in [0.5, 0.6) is 11.5 Å². The number of fused-ring (bicyclic) bond motifs is 1. The molecule has 5 rings (SSSR count). The second-order valence-corrected chi connectivity index (χ2v) is 8.79. The Morgan fingerprint density at radius 3 is 2.60 bits per heavy atom. The van der Waals surface area contributed by atoms with Gasteiger partial charge in [-0.1, -0.05) is 30.3 Å². The summed E-state index contributed by atoms with van der Waals surface area (Å²) in [7, 11) is 1.59. The van der Waals surface area contributed by atoms with Crippen molar-refractivity contribution in [3.05, 3.63) is 93.4 Å². The van der Waals surface area contributed by atoms with E-state index in [0.717, 1.165) is 28.3 Å². The van der Waals surface area contributed by atoms with Crippen LogP contribution in [0, 0.1) is 5.41 Å². The van der Waals surface area contributed by atoms with Crippen molar-refractivity contribution < 1.29 is 24.1 Å². The number of methoxy groups -OCH3 is 1. The van der Waals surface area contributed by atoms with E-state index < -0.39 is 11.7 Å². The minimum Gasteiger partial charge on any atom is -0.493 e. The minimum atomic E-state index is -0.833. The smallest absolute Gasteiger partial charge is 0.350 e. The number of rotatable bonds is 7. The number of H-pyrrole nitrogens is 1. The zero-order chi connectivity index (χ0) is 28.6. The molecule has 0 fully saturated rings. The predicted molar refractivity (Wildman–Crippen MR) is 144 cm³/mol. The van der Waals surface area contributed by atoms with E-state index in [9.17, 15) is 4.79 Å². The fourth-order valence-corrected chi connectivity index (χ4v) is 4.19. The quantitative estimate of drug-likeness (QED) is 0.197. The second-order valence-electron chi connectivity index (χ2n) is 8.79. The number of hydrogen-bond donors (Lipinski definition) is 4. The molecule has 1 unspecified atom stereocenters. The Morgan fingerprint density at radius 1 is 1.25 bits per heavy atom. The van der Waals surface area contributed by atoms with E-state index in [2.05, 4.69) is 20.1 Å². The first kappa shape index (κ1) is 28.0. The van der Waals surface area contributed by atoms with E-state index in [4.69, 9.17) is 35.3 Å². The number of carboxylic acids is 1. The van der Waals surface area contributed by atoms with Crippen molar-refractivity contribution in [2.45, 2.75) is 25.7 Å². The van der Waals surface area contributed by atoms with Gasteiger partial charge in [-0.3, -0.25) is 15.2 Å². The van der Waals surface area contributed by atoms with Crippen LogP contribution in [0.1, 0.15) is 40.9 Å². The van der Waals surface area contributed by atoms with E-state index in [-0.39, 0.29) is 24.5 Å². The van der Waals surface area contributed by atoms with Gasteiger partial charge in [-0.25, -0.2) is 14.8 Å². The van der Waals surface area contributed by atoms with Crippen LogP contribution in [0.25, 0.3) is 5.95 Å². The zero-order valence-electron chi connectivity index (χ0n) is 22.0.